The second kappa shape index (κ2) is 8.61. The summed E-state index contributed by atoms with van der Waals surface area (Å²) in [7, 11) is -2.06. The minimum atomic E-state index is -3.54. The van der Waals surface area contributed by atoms with Crippen LogP contribution in [0.5, 0.6) is 0 Å². The van der Waals surface area contributed by atoms with Crippen LogP contribution < -0.4 is 10.0 Å². The van der Waals surface area contributed by atoms with Crippen molar-refractivity contribution in [2.45, 2.75) is 13.3 Å². The topological polar surface area (TPSA) is 122 Å². The Kier molecular flexibility index (Phi) is 7.14. The van der Waals surface area contributed by atoms with Gasteiger partial charge in [-0.2, -0.15) is 0 Å². The summed E-state index contributed by atoms with van der Waals surface area (Å²) in [6.45, 7) is 1.54. The first kappa shape index (κ1) is 19.1. The number of carbonyl (C=O) groups is 2. The molecule has 0 saturated carbocycles. The quantitative estimate of drug-likeness (QED) is 0.564. The third-order valence-electron chi connectivity index (χ3n) is 2.95. The van der Waals surface area contributed by atoms with Crippen molar-refractivity contribution >= 4 is 27.6 Å². The SMILES string of the molecule is COCCCS(=O)(=O)NCC(=O)Nc1ccc(C(=O)O)c(C)c1. The Morgan fingerprint density at radius 3 is 2.57 bits per heavy atom. The van der Waals surface area contributed by atoms with E-state index in [1.54, 1.807) is 6.92 Å². The molecule has 1 aromatic rings. The molecule has 1 rings (SSSR count). The van der Waals surface area contributed by atoms with Crippen molar-refractivity contribution in [3.8, 4) is 0 Å². The Bertz CT molecular complexity index is 672. The lowest BCUT2D eigenvalue weighted by Gasteiger charge is -2.09. The summed E-state index contributed by atoms with van der Waals surface area (Å²) >= 11 is 0. The van der Waals surface area contributed by atoms with Gasteiger partial charge in [0, 0.05) is 19.4 Å². The van der Waals surface area contributed by atoms with E-state index < -0.39 is 28.4 Å². The molecule has 0 bridgehead atoms. The average molecular weight is 344 g/mol. The monoisotopic (exact) mass is 344 g/mol. The van der Waals surface area contributed by atoms with E-state index in [0.29, 0.717) is 24.3 Å². The average Bonchev–Trinajstić information content (AvgIpc) is 2.45. The number of carboxylic acids is 1. The van der Waals surface area contributed by atoms with Crippen LogP contribution in [0.4, 0.5) is 5.69 Å². The first-order chi connectivity index (χ1) is 10.7. The number of anilines is 1. The number of aromatic carboxylic acids is 1. The molecule has 3 N–H and O–H groups in total. The number of rotatable bonds is 9. The molecule has 1 aromatic carbocycles. The van der Waals surface area contributed by atoms with Gasteiger partial charge in [0.25, 0.3) is 0 Å². The Morgan fingerprint density at radius 2 is 2.00 bits per heavy atom. The highest BCUT2D eigenvalue weighted by Gasteiger charge is 2.13. The number of hydrogen-bond acceptors (Lipinski definition) is 5. The first-order valence-electron chi connectivity index (χ1n) is 6.85. The fraction of sp³-hybridized carbons (Fsp3) is 0.429. The standard InChI is InChI=1S/C14H20N2O6S/c1-10-8-11(4-5-12(10)14(18)19)16-13(17)9-15-23(20,21)7-3-6-22-2/h4-5,8,15H,3,6-7,9H2,1-2H3,(H,16,17)(H,18,19). The van der Waals surface area contributed by atoms with E-state index in [2.05, 4.69) is 10.0 Å². The van der Waals surface area contributed by atoms with Crippen LogP contribution in [-0.2, 0) is 19.6 Å². The first-order valence-corrected chi connectivity index (χ1v) is 8.50. The maximum absolute atomic E-state index is 11.7. The van der Waals surface area contributed by atoms with Gasteiger partial charge >= 0.3 is 5.97 Å². The van der Waals surface area contributed by atoms with Crippen LogP contribution in [0.2, 0.25) is 0 Å². The highest BCUT2D eigenvalue weighted by Crippen LogP contribution is 2.15. The van der Waals surface area contributed by atoms with Crippen molar-refractivity contribution in [1.29, 1.82) is 0 Å². The third kappa shape index (κ3) is 6.76. The van der Waals surface area contributed by atoms with Crippen LogP contribution in [0.3, 0.4) is 0 Å². The van der Waals surface area contributed by atoms with Gasteiger partial charge in [-0.1, -0.05) is 0 Å². The molecule has 0 spiro atoms. The van der Waals surface area contributed by atoms with E-state index in [9.17, 15) is 18.0 Å². The molecule has 0 heterocycles. The summed E-state index contributed by atoms with van der Waals surface area (Å²) in [6, 6.07) is 4.33. The molecular weight excluding hydrogens is 324 g/mol. The third-order valence-corrected chi connectivity index (χ3v) is 4.37. The Morgan fingerprint density at radius 1 is 1.30 bits per heavy atom. The number of amides is 1. The van der Waals surface area contributed by atoms with E-state index >= 15 is 0 Å². The van der Waals surface area contributed by atoms with Gasteiger partial charge in [0.2, 0.25) is 15.9 Å². The fourth-order valence-corrected chi connectivity index (χ4v) is 2.82. The predicted octanol–water partition coefficient (Wildman–Crippen LogP) is 0.588. The fourth-order valence-electron chi connectivity index (χ4n) is 1.83. The van der Waals surface area contributed by atoms with Gasteiger partial charge in [-0.05, 0) is 37.1 Å². The molecule has 0 atom stereocenters. The van der Waals surface area contributed by atoms with Crippen molar-refractivity contribution in [2.75, 3.05) is 31.3 Å². The van der Waals surface area contributed by atoms with Crippen molar-refractivity contribution in [1.82, 2.24) is 4.72 Å². The molecule has 0 aliphatic heterocycles. The minimum Gasteiger partial charge on any atom is -0.478 e. The predicted molar refractivity (Wildman–Crippen MR) is 85.1 cm³/mol. The summed E-state index contributed by atoms with van der Waals surface area (Å²) in [4.78, 5) is 22.6. The van der Waals surface area contributed by atoms with Crippen molar-refractivity contribution < 1.29 is 27.9 Å². The zero-order valence-electron chi connectivity index (χ0n) is 13.0. The van der Waals surface area contributed by atoms with Crippen LogP contribution >= 0.6 is 0 Å². The summed E-state index contributed by atoms with van der Waals surface area (Å²) in [5, 5.41) is 11.4. The zero-order chi connectivity index (χ0) is 17.5. The zero-order valence-corrected chi connectivity index (χ0v) is 13.8. The normalized spacial score (nSPS) is 11.2. The number of sulfonamides is 1. The number of ether oxygens (including phenoxy) is 1. The van der Waals surface area contributed by atoms with Gasteiger partial charge < -0.3 is 15.2 Å². The van der Waals surface area contributed by atoms with E-state index in [0.717, 1.165) is 0 Å². The lowest BCUT2D eigenvalue weighted by atomic mass is 10.1. The molecule has 128 valence electrons. The molecule has 0 aliphatic carbocycles. The van der Waals surface area contributed by atoms with E-state index in [4.69, 9.17) is 9.84 Å². The van der Waals surface area contributed by atoms with Crippen LogP contribution in [0.25, 0.3) is 0 Å². The van der Waals surface area contributed by atoms with Gasteiger partial charge in [0.15, 0.2) is 0 Å². The second-order valence-corrected chi connectivity index (χ2v) is 6.80. The van der Waals surface area contributed by atoms with Crippen molar-refractivity contribution in [3.63, 3.8) is 0 Å². The smallest absolute Gasteiger partial charge is 0.335 e. The lowest BCUT2D eigenvalue weighted by Crippen LogP contribution is -2.34. The minimum absolute atomic E-state index is 0.124. The van der Waals surface area contributed by atoms with Gasteiger partial charge in [0.05, 0.1) is 17.9 Å². The maximum Gasteiger partial charge on any atom is 0.335 e. The summed E-state index contributed by atoms with van der Waals surface area (Å²) in [6.07, 6.45) is 0.337. The van der Waals surface area contributed by atoms with Crippen molar-refractivity contribution in [3.05, 3.63) is 29.3 Å². The van der Waals surface area contributed by atoms with Gasteiger partial charge in [-0.25, -0.2) is 17.9 Å². The summed E-state index contributed by atoms with van der Waals surface area (Å²) < 4.78 is 30.2. The number of carboxylic acid groups (broad SMARTS) is 1. The van der Waals surface area contributed by atoms with Crippen LogP contribution in [0, 0.1) is 6.92 Å². The molecule has 8 nitrogen and oxygen atoms in total. The molecule has 9 heteroatoms. The van der Waals surface area contributed by atoms with Crippen LogP contribution in [0.1, 0.15) is 22.3 Å². The lowest BCUT2D eigenvalue weighted by molar-refractivity contribution is -0.115. The highest BCUT2D eigenvalue weighted by molar-refractivity contribution is 7.89. The molecule has 0 fully saturated rings. The van der Waals surface area contributed by atoms with Gasteiger partial charge in [0.1, 0.15) is 0 Å². The summed E-state index contributed by atoms with van der Waals surface area (Å²) in [5.41, 5.74) is 1.04. The summed E-state index contributed by atoms with van der Waals surface area (Å²) in [5.74, 6) is -1.72. The van der Waals surface area contributed by atoms with Crippen LogP contribution in [0.15, 0.2) is 18.2 Å². The van der Waals surface area contributed by atoms with Gasteiger partial charge in [-0.3, -0.25) is 4.79 Å². The molecule has 0 aromatic heterocycles. The molecule has 0 radical (unpaired) electrons. The molecule has 1 amide bonds. The molecule has 23 heavy (non-hydrogen) atoms. The largest absolute Gasteiger partial charge is 0.478 e. The number of aryl methyl sites for hydroxylation is 1. The number of nitrogens with one attached hydrogen (secondary N) is 2. The molecule has 0 saturated heterocycles. The van der Waals surface area contributed by atoms with E-state index in [-0.39, 0.29) is 11.3 Å². The Balaban J connectivity index is 2.54. The number of hydrogen-bond donors (Lipinski definition) is 3. The van der Waals surface area contributed by atoms with E-state index in [1.165, 1.54) is 25.3 Å². The van der Waals surface area contributed by atoms with Crippen molar-refractivity contribution in [2.24, 2.45) is 0 Å². The number of methoxy groups -OCH3 is 1. The van der Waals surface area contributed by atoms with Gasteiger partial charge in [-0.15, -0.1) is 0 Å². The number of carbonyl (C=O) groups excluding carboxylic acids is 1. The second-order valence-electron chi connectivity index (χ2n) is 4.87. The number of benzene rings is 1. The van der Waals surface area contributed by atoms with Crippen LogP contribution in [-0.4, -0.2) is 51.4 Å². The molecule has 0 unspecified atom stereocenters. The maximum atomic E-state index is 11.7. The highest BCUT2D eigenvalue weighted by atomic mass is 32.2. The molecular formula is C14H20N2O6S. The Hall–Kier alpha value is -1.97. The van der Waals surface area contributed by atoms with E-state index in [1.807, 2.05) is 0 Å². The molecule has 0 aliphatic rings. The Labute approximate surface area is 134 Å².